The summed E-state index contributed by atoms with van der Waals surface area (Å²) in [7, 11) is 0. The van der Waals surface area contributed by atoms with E-state index in [1.54, 1.807) is 24.3 Å². The average molecular weight is 443 g/mol. The zero-order valence-corrected chi connectivity index (χ0v) is 17.7. The van der Waals surface area contributed by atoms with Crippen molar-refractivity contribution in [2.45, 2.75) is 32.6 Å². The van der Waals surface area contributed by atoms with Crippen LogP contribution in [0.5, 0.6) is 17.2 Å². The Labute approximate surface area is 185 Å². The van der Waals surface area contributed by atoms with E-state index in [0.717, 1.165) is 25.3 Å². The van der Waals surface area contributed by atoms with Crippen molar-refractivity contribution in [2.75, 3.05) is 19.8 Å². The Kier molecular flexibility index (Phi) is 7.85. The Morgan fingerprint density at radius 1 is 1.00 bits per heavy atom. The lowest BCUT2D eigenvalue weighted by Crippen LogP contribution is -2.41. The minimum absolute atomic E-state index is 0.191. The van der Waals surface area contributed by atoms with Gasteiger partial charge in [-0.2, -0.15) is 0 Å². The molecule has 2 aromatic carbocycles. The second-order valence-corrected chi connectivity index (χ2v) is 7.11. The topological polar surface area (TPSA) is 129 Å². The Morgan fingerprint density at radius 3 is 2.31 bits per heavy atom. The molecule has 1 aliphatic heterocycles. The second-order valence-electron chi connectivity index (χ2n) is 7.11. The summed E-state index contributed by atoms with van der Waals surface area (Å²) < 4.78 is 16.3. The summed E-state index contributed by atoms with van der Waals surface area (Å²) in [5, 5.41) is 11.4. The first kappa shape index (κ1) is 22.9. The molecule has 2 aromatic rings. The van der Waals surface area contributed by atoms with Gasteiger partial charge in [0.15, 0.2) is 11.5 Å². The molecule has 1 heterocycles. The molecule has 170 valence electrons. The third kappa shape index (κ3) is 5.87. The molecule has 0 atom stereocenters. The van der Waals surface area contributed by atoms with Crippen molar-refractivity contribution >= 4 is 17.5 Å². The summed E-state index contributed by atoms with van der Waals surface area (Å²) in [5.41, 5.74) is 4.03. The van der Waals surface area contributed by atoms with Crippen molar-refractivity contribution in [1.29, 1.82) is 0 Å². The third-order valence-corrected chi connectivity index (χ3v) is 4.77. The van der Waals surface area contributed by atoms with E-state index in [2.05, 4.69) is 17.8 Å². The predicted molar refractivity (Wildman–Crippen MR) is 115 cm³/mol. The Bertz CT molecular complexity index is 976. The van der Waals surface area contributed by atoms with Crippen LogP contribution in [0.1, 0.15) is 53.3 Å². The summed E-state index contributed by atoms with van der Waals surface area (Å²) in [4.78, 5) is 35.5. The van der Waals surface area contributed by atoms with E-state index in [1.165, 1.54) is 12.5 Å². The summed E-state index contributed by atoms with van der Waals surface area (Å²) in [6.07, 6.45) is 4.40. The van der Waals surface area contributed by atoms with Gasteiger partial charge >= 0.3 is 0 Å². The van der Waals surface area contributed by atoms with E-state index < -0.39 is 22.4 Å². The van der Waals surface area contributed by atoms with E-state index in [-0.39, 0.29) is 30.3 Å². The first-order valence-corrected chi connectivity index (χ1v) is 10.4. The van der Waals surface area contributed by atoms with Crippen molar-refractivity contribution in [2.24, 2.45) is 0 Å². The van der Waals surface area contributed by atoms with Crippen LogP contribution in [0.25, 0.3) is 0 Å². The molecule has 3 rings (SSSR count). The number of nitrogens with zero attached hydrogens (tertiary/aromatic N) is 1. The maximum absolute atomic E-state index is 12.5. The van der Waals surface area contributed by atoms with Gasteiger partial charge in [0.25, 0.3) is 17.5 Å². The van der Waals surface area contributed by atoms with Gasteiger partial charge in [-0.3, -0.25) is 30.6 Å². The number of amides is 2. The molecule has 32 heavy (non-hydrogen) atoms. The van der Waals surface area contributed by atoms with Crippen LogP contribution < -0.4 is 25.1 Å². The highest BCUT2D eigenvalue weighted by molar-refractivity contribution is 6.01. The molecule has 0 saturated heterocycles. The first-order valence-electron chi connectivity index (χ1n) is 10.4. The van der Waals surface area contributed by atoms with Crippen LogP contribution in [0, 0.1) is 10.1 Å². The van der Waals surface area contributed by atoms with Crippen LogP contribution in [-0.4, -0.2) is 36.6 Å². The predicted octanol–water partition coefficient (Wildman–Crippen LogP) is 3.40. The number of nitrogens with one attached hydrogen (secondary N) is 2. The Balaban J connectivity index is 1.58. The lowest BCUT2D eigenvalue weighted by Gasteiger charge is -2.19. The maximum Gasteiger partial charge on any atom is 0.286 e. The zero-order valence-electron chi connectivity index (χ0n) is 17.7. The molecule has 0 unspecified atom stereocenters. The fraction of sp³-hybridized carbons (Fsp3) is 0.364. The molecule has 0 bridgehead atoms. The molecule has 0 radical (unpaired) electrons. The average Bonchev–Trinajstić information content (AvgIpc) is 2.81. The number of ether oxygens (including phenoxy) is 3. The number of nitro groups is 1. The number of carbonyl (C=O) groups excluding carboxylic acids is 2. The normalized spacial score (nSPS) is 12.0. The molecular weight excluding hydrogens is 418 g/mol. The molecular formula is C22H25N3O7. The third-order valence-electron chi connectivity index (χ3n) is 4.77. The number of nitro benzene ring substituents is 1. The summed E-state index contributed by atoms with van der Waals surface area (Å²) in [6, 6.07) is 8.82. The molecule has 0 spiro atoms. The monoisotopic (exact) mass is 443 g/mol. The van der Waals surface area contributed by atoms with Crippen LogP contribution in [0.3, 0.4) is 0 Å². The number of hydrogen-bond donors (Lipinski definition) is 2. The molecule has 10 heteroatoms. The lowest BCUT2D eigenvalue weighted by atomic mass is 10.1. The number of hydrogen-bond acceptors (Lipinski definition) is 7. The quantitative estimate of drug-likeness (QED) is 0.345. The van der Waals surface area contributed by atoms with Crippen LogP contribution in [-0.2, 0) is 0 Å². The minimum atomic E-state index is -0.853. The Morgan fingerprint density at radius 2 is 1.66 bits per heavy atom. The van der Waals surface area contributed by atoms with Gasteiger partial charge < -0.3 is 14.2 Å². The van der Waals surface area contributed by atoms with E-state index in [0.29, 0.717) is 17.9 Å². The molecule has 0 aliphatic carbocycles. The second kappa shape index (κ2) is 11.0. The first-order chi connectivity index (χ1) is 15.5. The van der Waals surface area contributed by atoms with E-state index in [1.807, 2.05) is 0 Å². The van der Waals surface area contributed by atoms with Crippen molar-refractivity contribution in [3.05, 3.63) is 57.6 Å². The van der Waals surface area contributed by atoms with Crippen molar-refractivity contribution in [1.82, 2.24) is 10.9 Å². The van der Waals surface area contributed by atoms with Crippen LogP contribution in [0.2, 0.25) is 0 Å². The fourth-order valence-electron chi connectivity index (χ4n) is 3.09. The van der Waals surface area contributed by atoms with Gasteiger partial charge in [0.1, 0.15) is 24.5 Å². The van der Waals surface area contributed by atoms with Gasteiger partial charge in [0, 0.05) is 11.6 Å². The number of rotatable bonds is 9. The van der Waals surface area contributed by atoms with E-state index >= 15 is 0 Å². The van der Waals surface area contributed by atoms with Gasteiger partial charge in [-0.05, 0) is 30.7 Å². The van der Waals surface area contributed by atoms with Crippen molar-refractivity contribution in [3.8, 4) is 17.2 Å². The van der Waals surface area contributed by atoms with Gasteiger partial charge in [-0.1, -0.05) is 26.2 Å². The molecule has 0 aromatic heterocycles. The lowest BCUT2D eigenvalue weighted by molar-refractivity contribution is -0.385. The molecule has 2 amide bonds. The van der Waals surface area contributed by atoms with Gasteiger partial charge in [-0.25, -0.2) is 0 Å². The fourth-order valence-corrected chi connectivity index (χ4v) is 3.09. The maximum atomic E-state index is 12.5. The highest BCUT2D eigenvalue weighted by atomic mass is 16.6. The minimum Gasteiger partial charge on any atom is -0.494 e. The van der Waals surface area contributed by atoms with Gasteiger partial charge in [-0.15, -0.1) is 0 Å². The zero-order chi connectivity index (χ0) is 22.9. The highest BCUT2D eigenvalue weighted by Crippen LogP contribution is 2.36. The van der Waals surface area contributed by atoms with Gasteiger partial charge in [0.05, 0.1) is 17.6 Å². The SMILES string of the molecule is CCCCCCOc1ccc(C(=O)NNC(=O)c2cc3c(cc2[N+](=O)[O-])OCCO3)cc1. The molecule has 0 fully saturated rings. The van der Waals surface area contributed by atoms with E-state index in [4.69, 9.17) is 14.2 Å². The van der Waals surface area contributed by atoms with Crippen LogP contribution >= 0.6 is 0 Å². The summed E-state index contributed by atoms with van der Waals surface area (Å²) in [6.45, 7) is 3.27. The molecule has 2 N–H and O–H groups in total. The molecule has 0 saturated carbocycles. The van der Waals surface area contributed by atoms with Crippen LogP contribution in [0.4, 0.5) is 5.69 Å². The molecule has 1 aliphatic rings. The summed E-state index contributed by atoms with van der Waals surface area (Å²) >= 11 is 0. The smallest absolute Gasteiger partial charge is 0.286 e. The number of benzene rings is 2. The number of hydrazine groups is 1. The van der Waals surface area contributed by atoms with E-state index in [9.17, 15) is 19.7 Å². The Hall–Kier alpha value is -3.82. The number of carbonyl (C=O) groups is 2. The number of unbranched alkanes of at least 4 members (excludes halogenated alkanes) is 3. The molecule has 10 nitrogen and oxygen atoms in total. The largest absolute Gasteiger partial charge is 0.494 e. The summed E-state index contributed by atoms with van der Waals surface area (Å²) in [5.74, 6) is -0.365. The number of fused-ring (bicyclic) bond motifs is 1. The highest BCUT2D eigenvalue weighted by Gasteiger charge is 2.26. The van der Waals surface area contributed by atoms with Crippen LogP contribution in [0.15, 0.2) is 36.4 Å². The standard InChI is InChI=1S/C22H25N3O7/c1-2-3-4-5-10-30-16-8-6-15(7-9-16)21(26)23-24-22(27)17-13-19-20(32-12-11-31-19)14-18(17)25(28)29/h6-9,13-14H,2-5,10-12H2,1H3,(H,23,26)(H,24,27). The van der Waals surface area contributed by atoms with Gasteiger partial charge in [0.2, 0.25) is 0 Å². The van der Waals surface area contributed by atoms with Crippen molar-refractivity contribution in [3.63, 3.8) is 0 Å². The van der Waals surface area contributed by atoms with Crippen molar-refractivity contribution < 1.29 is 28.7 Å².